The van der Waals surface area contributed by atoms with Gasteiger partial charge >= 0.3 is 6.03 Å². The van der Waals surface area contributed by atoms with Crippen LogP contribution in [-0.4, -0.2) is 64.9 Å². The fourth-order valence-corrected chi connectivity index (χ4v) is 5.70. The Morgan fingerprint density at radius 3 is 2.39 bits per heavy atom. The van der Waals surface area contributed by atoms with Crippen LogP contribution in [0.4, 0.5) is 13.6 Å². The molecule has 4 fully saturated rings. The van der Waals surface area contributed by atoms with Gasteiger partial charge < -0.3 is 16.0 Å². The zero-order chi connectivity index (χ0) is 22.4. The first-order valence-electron chi connectivity index (χ1n) is 11.6. The minimum Gasteiger partial charge on any atom is -0.351 e. The van der Waals surface area contributed by atoms with Crippen LogP contribution in [0.15, 0.2) is 0 Å². The fourth-order valence-electron chi connectivity index (χ4n) is 5.70. The van der Waals surface area contributed by atoms with E-state index in [0.717, 1.165) is 19.4 Å². The number of carbonyl (C=O) groups excluding carboxylic acids is 2. The van der Waals surface area contributed by atoms with Crippen LogP contribution in [0.3, 0.4) is 0 Å². The summed E-state index contributed by atoms with van der Waals surface area (Å²) in [6.45, 7) is 3.48. The van der Waals surface area contributed by atoms with Gasteiger partial charge in [0.1, 0.15) is 5.54 Å². The second kappa shape index (κ2) is 7.88. The molecule has 2 saturated carbocycles. The molecule has 1 unspecified atom stereocenters. The Hall–Kier alpha value is -1.95. The lowest BCUT2D eigenvalue weighted by Crippen LogP contribution is -2.72. The number of nitriles is 1. The molecule has 172 valence electrons. The number of nitrogens with zero attached hydrogens (tertiary/aromatic N) is 3. The van der Waals surface area contributed by atoms with Crippen molar-refractivity contribution in [3.05, 3.63) is 0 Å². The van der Waals surface area contributed by atoms with E-state index in [4.69, 9.17) is 5.73 Å². The molecule has 0 bridgehead atoms. The number of likely N-dealkylation sites (tertiary alicyclic amines) is 2. The maximum atomic E-state index is 14.8. The largest absolute Gasteiger partial charge is 0.351 e. The quantitative estimate of drug-likeness (QED) is 0.609. The molecule has 3 amide bonds. The van der Waals surface area contributed by atoms with Gasteiger partial charge in [-0.2, -0.15) is 5.26 Å². The number of carbonyl (C=O) groups is 2. The highest BCUT2D eigenvalue weighted by Gasteiger charge is 2.62. The van der Waals surface area contributed by atoms with Crippen LogP contribution in [0.1, 0.15) is 64.7 Å². The molecule has 0 radical (unpaired) electrons. The first-order chi connectivity index (χ1) is 14.6. The third-order valence-electron chi connectivity index (χ3n) is 7.75. The third-order valence-corrected chi connectivity index (χ3v) is 7.75. The number of nitrogens with one attached hydrogen (secondary N) is 1. The molecule has 2 saturated heterocycles. The highest BCUT2D eigenvalue weighted by molar-refractivity contribution is 5.81. The van der Waals surface area contributed by atoms with Crippen LogP contribution in [0.25, 0.3) is 0 Å². The lowest BCUT2D eigenvalue weighted by molar-refractivity contribution is -0.166. The predicted molar refractivity (Wildman–Crippen MR) is 110 cm³/mol. The van der Waals surface area contributed by atoms with E-state index in [1.807, 2.05) is 0 Å². The zero-order valence-electron chi connectivity index (χ0n) is 18.2. The number of piperidine rings is 1. The number of rotatable bonds is 8. The summed E-state index contributed by atoms with van der Waals surface area (Å²) in [4.78, 5) is 28.8. The number of hydrogen-bond donors (Lipinski definition) is 2. The molecule has 3 N–H and O–H groups in total. The van der Waals surface area contributed by atoms with E-state index in [1.54, 1.807) is 11.8 Å². The van der Waals surface area contributed by atoms with E-state index in [-0.39, 0.29) is 17.9 Å². The number of amides is 3. The van der Waals surface area contributed by atoms with E-state index in [1.165, 1.54) is 0 Å². The number of hydrogen-bond acceptors (Lipinski definition) is 4. The average Bonchev–Trinajstić information content (AvgIpc) is 3.61. The highest BCUT2D eigenvalue weighted by atomic mass is 19.3. The van der Waals surface area contributed by atoms with Crippen molar-refractivity contribution in [3.63, 3.8) is 0 Å². The number of nitrogens with two attached hydrogens (primary N) is 1. The molecule has 31 heavy (non-hydrogen) atoms. The van der Waals surface area contributed by atoms with E-state index < -0.39 is 35.7 Å². The Balaban J connectivity index is 1.59. The standard InChI is InChI=1S/C22H33F2N5O2/c1-2-5-22(23,24)12-16(18(30)27-21(13-25)6-7-21)17-20(14-29(17)15-3-4-15)8-10-28(11-9-20)19(26)31/h15-17H,2-12,14H2,1H3,(H2,26,31)(H,27,30)/t16-,17?/m0/s1. The van der Waals surface area contributed by atoms with Crippen LogP contribution in [-0.2, 0) is 4.79 Å². The van der Waals surface area contributed by atoms with Crippen LogP contribution in [0.2, 0.25) is 0 Å². The molecule has 0 aromatic rings. The summed E-state index contributed by atoms with van der Waals surface area (Å²) >= 11 is 0. The van der Waals surface area contributed by atoms with Crippen molar-refractivity contribution in [2.75, 3.05) is 19.6 Å². The molecule has 0 aromatic carbocycles. The summed E-state index contributed by atoms with van der Waals surface area (Å²) in [5, 5.41) is 12.2. The molecule has 9 heteroatoms. The van der Waals surface area contributed by atoms with Crippen LogP contribution in [0.5, 0.6) is 0 Å². The number of urea groups is 1. The Morgan fingerprint density at radius 1 is 1.26 bits per heavy atom. The fraction of sp³-hybridized carbons (Fsp3) is 0.864. The molecule has 4 aliphatic rings. The molecule has 4 rings (SSSR count). The maximum absolute atomic E-state index is 14.8. The van der Waals surface area contributed by atoms with Gasteiger partial charge in [-0.15, -0.1) is 0 Å². The molecule has 1 spiro atoms. The number of primary amides is 1. The van der Waals surface area contributed by atoms with Gasteiger partial charge in [0.15, 0.2) is 0 Å². The first kappa shape index (κ1) is 22.3. The third kappa shape index (κ3) is 4.36. The van der Waals surface area contributed by atoms with Gasteiger partial charge in [-0.05, 0) is 38.5 Å². The molecular weight excluding hydrogens is 404 g/mol. The van der Waals surface area contributed by atoms with Gasteiger partial charge in [-0.1, -0.05) is 13.3 Å². The normalized spacial score (nSPS) is 27.8. The van der Waals surface area contributed by atoms with Gasteiger partial charge in [-0.3, -0.25) is 9.69 Å². The Bertz CT molecular complexity index is 766. The van der Waals surface area contributed by atoms with E-state index >= 15 is 0 Å². The van der Waals surface area contributed by atoms with Crippen LogP contribution >= 0.6 is 0 Å². The van der Waals surface area contributed by atoms with Crippen molar-refractivity contribution in [2.45, 2.75) is 88.3 Å². The topological polar surface area (TPSA) is 102 Å². The minimum atomic E-state index is -2.93. The van der Waals surface area contributed by atoms with Crippen LogP contribution < -0.4 is 11.1 Å². The van der Waals surface area contributed by atoms with Crippen molar-refractivity contribution < 1.29 is 18.4 Å². The summed E-state index contributed by atoms with van der Waals surface area (Å²) in [6.07, 6.45) is 4.13. The summed E-state index contributed by atoms with van der Waals surface area (Å²) in [7, 11) is 0. The molecule has 2 aliphatic carbocycles. The Kier molecular flexibility index (Phi) is 5.65. The monoisotopic (exact) mass is 437 g/mol. The lowest BCUT2D eigenvalue weighted by Gasteiger charge is -2.63. The maximum Gasteiger partial charge on any atom is 0.314 e. The summed E-state index contributed by atoms with van der Waals surface area (Å²) in [6, 6.07) is 1.75. The van der Waals surface area contributed by atoms with Crippen molar-refractivity contribution >= 4 is 11.9 Å². The van der Waals surface area contributed by atoms with Gasteiger partial charge in [-0.25, -0.2) is 13.6 Å². The van der Waals surface area contributed by atoms with E-state index in [0.29, 0.717) is 51.2 Å². The van der Waals surface area contributed by atoms with E-state index in [2.05, 4.69) is 16.3 Å². The van der Waals surface area contributed by atoms with Crippen molar-refractivity contribution in [1.82, 2.24) is 15.1 Å². The SMILES string of the molecule is CCCC(F)(F)C[C@H](C(=O)NC1(C#N)CC1)C1N(C2CC2)CC12CCN(C(N)=O)CC2. The molecule has 7 nitrogen and oxygen atoms in total. The van der Waals surface area contributed by atoms with Crippen molar-refractivity contribution in [1.29, 1.82) is 5.26 Å². The van der Waals surface area contributed by atoms with Gasteiger partial charge in [0.25, 0.3) is 0 Å². The van der Waals surface area contributed by atoms with E-state index in [9.17, 15) is 23.6 Å². The molecule has 2 heterocycles. The molecule has 0 aromatic heterocycles. The van der Waals surface area contributed by atoms with Gasteiger partial charge in [0.2, 0.25) is 11.8 Å². The lowest BCUT2D eigenvalue weighted by atomic mass is 9.60. The molecular formula is C22H33F2N5O2. The second-order valence-electron chi connectivity index (χ2n) is 10.1. The van der Waals surface area contributed by atoms with Crippen molar-refractivity contribution in [3.8, 4) is 6.07 Å². The summed E-state index contributed by atoms with van der Waals surface area (Å²) in [5.74, 6) is -4.22. The number of alkyl halides is 2. The zero-order valence-corrected chi connectivity index (χ0v) is 18.2. The Morgan fingerprint density at radius 2 is 1.90 bits per heavy atom. The van der Waals surface area contributed by atoms with Gasteiger partial charge in [0.05, 0.1) is 12.0 Å². The average molecular weight is 438 g/mol. The minimum absolute atomic E-state index is 0.251. The second-order valence-corrected chi connectivity index (χ2v) is 10.1. The highest BCUT2D eigenvalue weighted by Crippen LogP contribution is 2.55. The smallest absolute Gasteiger partial charge is 0.314 e. The summed E-state index contributed by atoms with van der Waals surface area (Å²) in [5.41, 5.74) is 4.29. The van der Waals surface area contributed by atoms with Crippen molar-refractivity contribution in [2.24, 2.45) is 17.1 Å². The Labute approximate surface area is 182 Å². The molecule has 2 atom stereocenters. The first-order valence-corrected chi connectivity index (χ1v) is 11.6. The summed E-state index contributed by atoms with van der Waals surface area (Å²) < 4.78 is 29.6. The van der Waals surface area contributed by atoms with Gasteiger partial charge in [0, 0.05) is 50.0 Å². The van der Waals surface area contributed by atoms with Crippen LogP contribution in [0, 0.1) is 22.7 Å². The number of halogens is 2. The predicted octanol–water partition coefficient (Wildman–Crippen LogP) is 2.61. The molecule has 2 aliphatic heterocycles.